The molecule has 0 amide bonds. The number of aromatic nitrogens is 4. The fraction of sp³-hybridized carbons (Fsp3) is 0.500. The quantitative estimate of drug-likeness (QED) is 0.613. The highest BCUT2D eigenvalue weighted by Crippen LogP contribution is 2.31. The summed E-state index contributed by atoms with van der Waals surface area (Å²) < 4.78 is 6.85. The highest BCUT2D eigenvalue weighted by molar-refractivity contribution is 6.28. The van der Waals surface area contributed by atoms with Gasteiger partial charge in [-0.05, 0) is 11.6 Å². The topological polar surface area (TPSA) is 114 Å². The Morgan fingerprint density at radius 3 is 2.79 bits per heavy atom. The van der Waals surface area contributed by atoms with Gasteiger partial charge in [0.15, 0.2) is 11.9 Å². The summed E-state index contributed by atoms with van der Waals surface area (Å²) in [6, 6.07) is 0. The Morgan fingerprint density at radius 2 is 2.11 bits per heavy atom. The molecule has 0 spiro atoms. The van der Waals surface area contributed by atoms with E-state index in [1.807, 2.05) is 0 Å². The first-order chi connectivity index (χ1) is 9.11. The van der Waals surface area contributed by atoms with Crippen molar-refractivity contribution in [2.24, 2.45) is 0 Å². The van der Waals surface area contributed by atoms with Crippen LogP contribution < -0.4 is 0 Å². The maximum atomic E-state index is 9.95. The minimum atomic E-state index is -1.19. The molecule has 0 radical (unpaired) electrons. The molecule has 3 rings (SSSR count). The molecule has 1 saturated heterocycles. The van der Waals surface area contributed by atoms with Crippen LogP contribution >= 0.6 is 11.6 Å². The normalized spacial score (nSPS) is 31.2. The zero-order valence-corrected chi connectivity index (χ0v) is 10.3. The predicted octanol–water partition coefficient (Wildman–Crippen LogP) is -0.909. The summed E-state index contributed by atoms with van der Waals surface area (Å²) in [5.41, 5.74) is 0.872. The minimum absolute atomic E-state index is 0.0426. The second kappa shape index (κ2) is 4.66. The van der Waals surface area contributed by atoms with E-state index in [-0.39, 0.29) is 5.28 Å². The second-order valence-corrected chi connectivity index (χ2v) is 4.57. The molecule has 2 aromatic rings. The molecule has 0 bridgehead atoms. The lowest BCUT2D eigenvalue weighted by molar-refractivity contribution is -0.0511. The molecule has 0 unspecified atom stereocenters. The van der Waals surface area contributed by atoms with Crippen molar-refractivity contribution in [3.8, 4) is 0 Å². The third kappa shape index (κ3) is 1.97. The number of hydrogen-bond donors (Lipinski definition) is 3. The molecular weight excluding hydrogens is 276 g/mol. The number of aliphatic hydroxyl groups is 3. The van der Waals surface area contributed by atoms with Crippen LogP contribution in [0.15, 0.2) is 12.5 Å². The molecule has 9 heteroatoms. The van der Waals surface area contributed by atoms with E-state index in [4.69, 9.17) is 21.4 Å². The third-order valence-electron chi connectivity index (χ3n) is 3.08. The number of ether oxygens (including phenoxy) is 1. The number of nitrogens with zero attached hydrogens (tertiary/aromatic N) is 4. The Morgan fingerprint density at radius 1 is 1.32 bits per heavy atom. The molecule has 3 heterocycles. The van der Waals surface area contributed by atoms with Gasteiger partial charge in [0.2, 0.25) is 5.28 Å². The van der Waals surface area contributed by atoms with Crippen molar-refractivity contribution in [3.63, 3.8) is 0 Å². The summed E-state index contributed by atoms with van der Waals surface area (Å²) in [6.07, 6.45) is -1.25. The van der Waals surface area contributed by atoms with Crippen molar-refractivity contribution in [2.75, 3.05) is 6.61 Å². The summed E-state index contributed by atoms with van der Waals surface area (Å²) in [7, 11) is 0. The standard InChI is InChI=1S/C10H11ClN4O4/c11-10-12-1-4-8(14-10)15(3-13-4)9-7(18)6(17)5(2-16)19-9/h1,3,5-7,9,16-18H,2H2/t5-,6-,7+,9-/m1/s1. The smallest absolute Gasteiger partial charge is 0.224 e. The van der Waals surface area contributed by atoms with Gasteiger partial charge in [-0.2, -0.15) is 4.98 Å². The fourth-order valence-corrected chi connectivity index (χ4v) is 2.23. The number of halogens is 1. The number of rotatable bonds is 2. The van der Waals surface area contributed by atoms with Crippen LogP contribution in [0.4, 0.5) is 0 Å². The van der Waals surface area contributed by atoms with E-state index >= 15 is 0 Å². The molecule has 4 atom stereocenters. The van der Waals surface area contributed by atoms with E-state index in [1.165, 1.54) is 17.1 Å². The molecule has 1 aliphatic rings. The molecule has 2 aromatic heterocycles. The van der Waals surface area contributed by atoms with Gasteiger partial charge in [-0.3, -0.25) is 4.57 Å². The molecule has 102 valence electrons. The summed E-state index contributed by atoms with van der Waals surface area (Å²) >= 11 is 5.72. The van der Waals surface area contributed by atoms with Crippen molar-refractivity contribution in [2.45, 2.75) is 24.5 Å². The molecule has 1 aliphatic heterocycles. The van der Waals surface area contributed by atoms with Gasteiger partial charge in [-0.15, -0.1) is 0 Å². The lowest BCUT2D eigenvalue weighted by Gasteiger charge is -2.16. The largest absolute Gasteiger partial charge is 0.394 e. The van der Waals surface area contributed by atoms with Crippen LogP contribution in [0, 0.1) is 0 Å². The maximum absolute atomic E-state index is 9.95. The van der Waals surface area contributed by atoms with Gasteiger partial charge in [-0.1, -0.05) is 0 Å². The molecule has 1 fully saturated rings. The second-order valence-electron chi connectivity index (χ2n) is 4.23. The van der Waals surface area contributed by atoms with Gasteiger partial charge in [0.1, 0.15) is 23.8 Å². The van der Waals surface area contributed by atoms with Crippen molar-refractivity contribution in [3.05, 3.63) is 17.8 Å². The van der Waals surface area contributed by atoms with Crippen LogP contribution in [0.3, 0.4) is 0 Å². The average Bonchev–Trinajstić information content (AvgIpc) is 2.92. The number of imidazole rings is 1. The van der Waals surface area contributed by atoms with Gasteiger partial charge < -0.3 is 20.1 Å². The molecule has 0 aromatic carbocycles. The first-order valence-corrected chi connectivity index (χ1v) is 5.97. The van der Waals surface area contributed by atoms with E-state index in [2.05, 4.69) is 15.0 Å². The van der Waals surface area contributed by atoms with Gasteiger partial charge in [-0.25, -0.2) is 9.97 Å². The lowest BCUT2D eigenvalue weighted by Crippen LogP contribution is -2.33. The Bertz CT molecular complexity index is 606. The summed E-state index contributed by atoms with van der Waals surface area (Å²) in [4.78, 5) is 11.9. The number of hydrogen-bond acceptors (Lipinski definition) is 7. The molecule has 0 saturated carbocycles. The maximum Gasteiger partial charge on any atom is 0.224 e. The van der Waals surface area contributed by atoms with Gasteiger partial charge >= 0.3 is 0 Å². The zero-order chi connectivity index (χ0) is 13.6. The van der Waals surface area contributed by atoms with E-state index in [9.17, 15) is 10.2 Å². The Labute approximate surface area is 112 Å². The van der Waals surface area contributed by atoms with Crippen LogP contribution in [0.1, 0.15) is 6.23 Å². The van der Waals surface area contributed by atoms with Gasteiger partial charge in [0.05, 0.1) is 19.1 Å². The van der Waals surface area contributed by atoms with Crippen LogP contribution in [-0.4, -0.2) is 59.8 Å². The van der Waals surface area contributed by atoms with Crippen molar-refractivity contribution in [1.29, 1.82) is 0 Å². The predicted molar refractivity (Wildman–Crippen MR) is 63.3 cm³/mol. The Hall–Kier alpha value is -1.32. The van der Waals surface area contributed by atoms with Gasteiger partial charge in [0.25, 0.3) is 0 Å². The van der Waals surface area contributed by atoms with Crippen molar-refractivity contribution in [1.82, 2.24) is 19.5 Å². The van der Waals surface area contributed by atoms with Crippen LogP contribution in [-0.2, 0) is 4.74 Å². The Kier molecular flexibility index (Phi) is 3.11. The molecular formula is C10H11ClN4O4. The number of fused-ring (bicyclic) bond motifs is 1. The van der Waals surface area contributed by atoms with Crippen molar-refractivity contribution < 1.29 is 20.1 Å². The van der Waals surface area contributed by atoms with Crippen molar-refractivity contribution >= 4 is 22.8 Å². The number of aliphatic hydroxyl groups excluding tert-OH is 3. The van der Waals surface area contributed by atoms with E-state index in [1.54, 1.807) is 0 Å². The summed E-state index contributed by atoms with van der Waals surface area (Å²) in [6.45, 7) is -0.392. The first kappa shape index (κ1) is 12.7. The van der Waals surface area contributed by atoms with Crippen LogP contribution in [0.2, 0.25) is 5.28 Å². The molecule has 8 nitrogen and oxygen atoms in total. The summed E-state index contributed by atoms with van der Waals surface area (Å²) in [5, 5.41) is 28.8. The summed E-state index contributed by atoms with van der Waals surface area (Å²) in [5.74, 6) is 0. The molecule has 0 aliphatic carbocycles. The van der Waals surface area contributed by atoms with E-state index < -0.39 is 31.1 Å². The highest BCUT2D eigenvalue weighted by Gasteiger charge is 2.43. The average molecular weight is 287 g/mol. The minimum Gasteiger partial charge on any atom is -0.394 e. The zero-order valence-electron chi connectivity index (χ0n) is 9.59. The fourth-order valence-electron chi connectivity index (χ4n) is 2.10. The van der Waals surface area contributed by atoms with Gasteiger partial charge in [0, 0.05) is 0 Å². The SMILES string of the molecule is OC[C@H]1O[C@@H](n2cnc3cnc(Cl)nc32)[C@@H](O)[C@@H]1O. The lowest BCUT2D eigenvalue weighted by atomic mass is 10.1. The highest BCUT2D eigenvalue weighted by atomic mass is 35.5. The third-order valence-corrected chi connectivity index (χ3v) is 3.26. The molecule has 19 heavy (non-hydrogen) atoms. The van der Waals surface area contributed by atoms with Crippen LogP contribution in [0.5, 0.6) is 0 Å². The monoisotopic (exact) mass is 286 g/mol. The molecule has 3 N–H and O–H groups in total. The Balaban J connectivity index is 2.03. The van der Waals surface area contributed by atoms with Crippen LogP contribution in [0.25, 0.3) is 11.2 Å². The van der Waals surface area contributed by atoms with E-state index in [0.717, 1.165) is 0 Å². The first-order valence-electron chi connectivity index (χ1n) is 5.59. The van der Waals surface area contributed by atoms with E-state index in [0.29, 0.717) is 11.2 Å².